The van der Waals surface area contributed by atoms with Crippen molar-refractivity contribution < 1.29 is 18.3 Å². The lowest BCUT2D eigenvalue weighted by Gasteiger charge is -2.33. The quantitative estimate of drug-likeness (QED) is 0.412. The van der Waals surface area contributed by atoms with Crippen molar-refractivity contribution >= 4 is 6.09 Å². The molecule has 1 saturated heterocycles. The molecular weight excluding hydrogens is 432 g/mol. The first-order chi connectivity index (χ1) is 16.6. The average molecular weight is 458 g/mol. The normalized spacial score (nSPS) is 20.6. The molecule has 3 nitrogen and oxygen atoms in total. The van der Waals surface area contributed by atoms with E-state index in [9.17, 15) is 13.6 Å². The lowest BCUT2D eigenvalue weighted by molar-refractivity contribution is 0.0849. The van der Waals surface area contributed by atoms with Crippen LogP contribution in [0.25, 0.3) is 11.1 Å². The van der Waals surface area contributed by atoms with E-state index in [0.717, 1.165) is 24.5 Å². The summed E-state index contributed by atoms with van der Waals surface area (Å²) in [6.07, 6.45) is 4.82. The second-order valence-electron chi connectivity index (χ2n) is 9.49. The van der Waals surface area contributed by atoms with Crippen LogP contribution in [0.2, 0.25) is 0 Å². The maximum absolute atomic E-state index is 13.6. The van der Waals surface area contributed by atoms with Gasteiger partial charge in [-0.1, -0.05) is 60.2 Å². The Hall–Kier alpha value is -3.47. The second-order valence-corrected chi connectivity index (χ2v) is 9.49. The monoisotopic (exact) mass is 457 g/mol. The predicted octanol–water partition coefficient (Wildman–Crippen LogP) is 6.62. The number of hydrogen-bond acceptors (Lipinski definition) is 2. The third-order valence-corrected chi connectivity index (χ3v) is 7.37. The highest BCUT2D eigenvalue weighted by Gasteiger charge is 2.41. The molecule has 1 aliphatic carbocycles. The molecule has 1 amide bonds. The van der Waals surface area contributed by atoms with E-state index in [1.165, 1.54) is 34.4 Å². The van der Waals surface area contributed by atoms with Crippen LogP contribution in [-0.2, 0) is 11.2 Å². The number of nitrogens with zero attached hydrogens (tertiary/aromatic N) is 1. The first-order valence-corrected chi connectivity index (χ1v) is 11.8. The van der Waals surface area contributed by atoms with Gasteiger partial charge in [-0.2, -0.15) is 0 Å². The number of amides is 1. The van der Waals surface area contributed by atoms with Crippen molar-refractivity contribution in [2.45, 2.75) is 43.7 Å². The van der Waals surface area contributed by atoms with E-state index in [1.54, 1.807) is 0 Å². The summed E-state index contributed by atoms with van der Waals surface area (Å²) < 4.78 is 33.1. The highest BCUT2D eigenvalue weighted by atomic mass is 19.1. The number of halogens is 2. The van der Waals surface area contributed by atoms with Crippen LogP contribution in [0.5, 0.6) is 0 Å². The molecule has 2 atom stereocenters. The number of benzene rings is 3. The minimum atomic E-state index is -0.561. The van der Waals surface area contributed by atoms with Crippen molar-refractivity contribution in [3.8, 4) is 11.1 Å². The molecule has 2 bridgehead atoms. The highest BCUT2D eigenvalue weighted by molar-refractivity contribution is 5.79. The van der Waals surface area contributed by atoms with Crippen LogP contribution in [0.4, 0.5) is 13.6 Å². The van der Waals surface area contributed by atoms with Crippen LogP contribution < -0.4 is 0 Å². The van der Waals surface area contributed by atoms with Crippen LogP contribution >= 0.6 is 0 Å². The van der Waals surface area contributed by atoms with Gasteiger partial charge in [0, 0.05) is 18.0 Å². The van der Waals surface area contributed by atoms with Crippen molar-refractivity contribution in [3.05, 3.63) is 107 Å². The summed E-state index contributed by atoms with van der Waals surface area (Å²) in [5.74, 6) is -1.09. The number of fused-ring (bicyclic) bond motifs is 5. The topological polar surface area (TPSA) is 29.5 Å². The molecule has 3 aromatic rings. The van der Waals surface area contributed by atoms with Crippen molar-refractivity contribution in [1.29, 1.82) is 0 Å². The van der Waals surface area contributed by atoms with Gasteiger partial charge in [0.25, 0.3) is 0 Å². The van der Waals surface area contributed by atoms with Crippen LogP contribution in [0.15, 0.2) is 78.4 Å². The van der Waals surface area contributed by atoms with Crippen molar-refractivity contribution in [2.75, 3.05) is 6.61 Å². The van der Waals surface area contributed by atoms with Gasteiger partial charge >= 0.3 is 6.09 Å². The predicted molar refractivity (Wildman–Crippen MR) is 126 cm³/mol. The van der Waals surface area contributed by atoms with E-state index in [-0.39, 0.29) is 24.1 Å². The van der Waals surface area contributed by atoms with E-state index < -0.39 is 11.6 Å². The SMILES string of the molecule is O=C(OCC1c2ccccc2-c2ccccc21)N1C2C=C(Cc3cc(F)cc(F)c3)CC1CC2. The minimum absolute atomic E-state index is 0.0252. The molecule has 6 rings (SSSR count). The maximum Gasteiger partial charge on any atom is 0.410 e. The van der Waals surface area contributed by atoms with E-state index in [4.69, 9.17) is 4.74 Å². The van der Waals surface area contributed by atoms with Crippen LogP contribution in [0.3, 0.4) is 0 Å². The van der Waals surface area contributed by atoms with Crippen LogP contribution in [-0.4, -0.2) is 29.7 Å². The van der Waals surface area contributed by atoms with Gasteiger partial charge in [0.05, 0.1) is 6.04 Å². The Labute approximate surface area is 197 Å². The molecule has 0 spiro atoms. The minimum Gasteiger partial charge on any atom is -0.448 e. The molecule has 3 aliphatic rings. The third-order valence-electron chi connectivity index (χ3n) is 7.37. The molecule has 172 valence electrons. The summed E-state index contributed by atoms with van der Waals surface area (Å²) in [4.78, 5) is 15.0. The summed E-state index contributed by atoms with van der Waals surface area (Å²) >= 11 is 0. The fourth-order valence-electron chi connectivity index (χ4n) is 5.98. The van der Waals surface area contributed by atoms with E-state index in [0.29, 0.717) is 25.0 Å². The van der Waals surface area contributed by atoms with E-state index >= 15 is 0 Å². The van der Waals surface area contributed by atoms with Crippen LogP contribution in [0.1, 0.15) is 41.9 Å². The average Bonchev–Trinajstić information content (AvgIpc) is 3.28. The van der Waals surface area contributed by atoms with Gasteiger partial charge in [0.1, 0.15) is 18.2 Å². The Balaban J connectivity index is 1.16. The Morgan fingerprint density at radius 2 is 1.56 bits per heavy atom. The van der Waals surface area contributed by atoms with Gasteiger partial charge in [-0.15, -0.1) is 0 Å². The first kappa shape index (κ1) is 21.1. The number of rotatable bonds is 4. The first-order valence-electron chi connectivity index (χ1n) is 11.8. The lowest BCUT2D eigenvalue weighted by atomic mass is 9.95. The molecule has 0 saturated carbocycles. The number of carbonyl (C=O) groups is 1. The molecule has 1 fully saturated rings. The highest BCUT2D eigenvalue weighted by Crippen LogP contribution is 2.45. The number of carbonyl (C=O) groups excluding carboxylic acids is 1. The summed E-state index contributed by atoms with van der Waals surface area (Å²) in [6.45, 7) is 0.307. The number of hydrogen-bond donors (Lipinski definition) is 0. The molecule has 0 aromatic heterocycles. The Morgan fingerprint density at radius 3 is 2.21 bits per heavy atom. The largest absolute Gasteiger partial charge is 0.448 e. The molecule has 34 heavy (non-hydrogen) atoms. The van der Waals surface area contributed by atoms with Gasteiger partial charge in [0.2, 0.25) is 0 Å². The summed E-state index contributed by atoms with van der Waals surface area (Å²) in [7, 11) is 0. The van der Waals surface area contributed by atoms with Gasteiger partial charge < -0.3 is 4.74 Å². The molecule has 2 unspecified atom stereocenters. The molecule has 0 radical (unpaired) electrons. The second kappa shape index (κ2) is 8.39. The molecule has 5 heteroatoms. The molecule has 0 N–H and O–H groups in total. The maximum atomic E-state index is 13.6. The Bertz CT molecular complexity index is 1240. The molecular formula is C29H25F2NO2. The third kappa shape index (κ3) is 3.69. The van der Waals surface area contributed by atoms with Crippen molar-refractivity contribution in [1.82, 2.24) is 4.90 Å². The fourth-order valence-corrected chi connectivity index (χ4v) is 5.98. The molecule has 2 heterocycles. The Morgan fingerprint density at radius 1 is 0.912 bits per heavy atom. The zero-order valence-electron chi connectivity index (χ0n) is 18.7. The van der Waals surface area contributed by atoms with Gasteiger partial charge in [0.15, 0.2) is 0 Å². The standard InChI is InChI=1S/C29H25F2NO2/c30-20-12-18(13-21(31)16-20)11-19-14-22-9-10-23(15-19)32(22)29(33)34-17-28-26-7-3-1-5-24(26)25-6-2-4-8-27(25)28/h1-8,12-14,16,22-23,28H,9-11,15,17H2. The number of ether oxygens (including phenoxy) is 1. The van der Waals surface area contributed by atoms with Crippen LogP contribution in [0, 0.1) is 11.6 Å². The fraction of sp³-hybridized carbons (Fsp3) is 0.276. The Kier molecular flexibility index (Phi) is 5.20. The molecule has 2 aliphatic heterocycles. The zero-order chi connectivity index (χ0) is 23.2. The van der Waals surface area contributed by atoms with Gasteiger partial charge in [-0.25, -0.2) is 13.6 Å². The van der Waals surface area contributed by atoms with Gasteiger partial charge in [-0.3, -0.25) is 4.90 Å². The summed E-state index contributed by atoms with van der Waals surface area (Å²) in [5, 5.41) is 0. The summed E-state index contributed by atoms with van der Waals surface area (Å²) in [6, 6.07) is 20.3. The lowest BCUT2D eigenvalue weighted by Crippen LogP contribution is -2.44. The molecule has 3 aromatic carbocycles. The van der Waals surface area contributed by atoms with Crippen molar-refractivity contribution in [3.63, 3.8) is 0 Å². The van der Waals surface area contributed by atoms with Gasteiger partial charge in [-0.05, 0) is 65.6 Å². The van der Waals surface area contributed by atoms with Crippen molar-refractivity contribution in [2.24, 2.45) is 0 Å². The van der Waals surface area contributed by atoms with E-state index in [2.05, 4.69) is 30.3 Å². The van der Waals surface area contributed by atoms with E-state index in [1.807, 2.05) is 29.2 Å². The zero-order valence-corrected chi connectivity index (χ0v) is 18.7. The summed E-state index contributed by atoms with van der Waals surface area (Å²) in [5.41, 5.74) is 6.56. The smallest absolute Gasteiger partial charge is 0.410 e.